The van der Waals surface area contributed by atoms with Crippen LogP contribution < -0.4 is 4.74 Å². The molecule has 1 aromatic heterocycles. The Morgan fingerprint density at radius 1 is 1.12 bits per heavy atom. The highest BCUT2D eigenvalue weighted by Gasteiger charge is 2.04. The lowest BCUT2D eigenvalue weighted by Gasteiger charge is -2.10. The van der Waals surface area contributed by atoms with Crippen molar-refractivity contribution in [3.8, 4) is 16.9 Å². The van der Waals surface area contributed by atoms with Crippen molar-refractivity contribution in [1.82, 2.24) is 4.98 Å². The number of aromatic nitrogens is 1. The van der Waals surface area contributed by atoms with Crippen molar-refractivity contribution >= 4 is 0 Å². The number of nitrogens with zero attached hydrogens (tertiary/aromatic N) is 1. The molecule has 0 aliphatic heterocycles. The summed E-state index contributed by atoms with van der Waals surface area (Å²) in [5, 5.41) is 0. The quantitative estimate of drug-likeness (QED) is 0.775. The van der Waals surface area contributed by atoms with Crippen molar-refractivity contribution in [2.75, 3.05) is 6.61 Å². The van der Waals surface area contributed by atoms with Gasteiger partial charge >= 0.3 is 0 Å². The molecule has 2 nitrogen and oxygen atoms in total. The van der Waals surface area contributed by atoms with Crippen molar-refractivity contribution in [1.29, 1.82) is 0 Å². The van der Waals surface area contributed by atoms with Crippen LogP contribution in [0.5, 0.6) is 5.75 Å². The Labute approximate surface area is 95.9 Å². The van der Waals surface area contributed by atoms with Gasteiger partial charge < -0.3 is 4.74 Å². The summed E-state index contributed by atoms with van der Waals surface area (Å²) in [5.41, 5.74) is 2.19. The van der Waals surface area contributed by atoms with Crippen LogP contribution in [0, 0.1) is 0 Å². The number of pyridine rings is 1. The Hall–Kier alpha value is -1.83. The van der Waals surface area contributed by atoms with Crippen LogP contribution in [0.1, 0.15) is 13.3 Å². The number of rotatable bonds is 4. The van der Waals surface area contributed by atoms with E-state index in [1.165, 1.54) is 0 Å². The van der Waals surface area contributed by atoms with Gasteiger partial charge in [-0.3, -0.25) is 4.98 Å². The molecule has 1 aromatic carbocycles. The first-order valence-electron chi connectivity index (χ1n) is 5.54. The van der Waals surface area contributed by atoms with Crippen LogP contribution in [0.2, 0.25) is 0 Å². The van der Waals surface area contributed by atoms with Crippen LogP contribution in [0.25, 0.3) is 11.1 Å². The van der Waals surface area contributed by atoms with Gasteiger partial charge in [0.15, 0.2) is 0 Å². The predicted octanol–water partition coefficient (Wildman–Crippen LogP) is 3.54. The average molecular weight is 213 g/mol. The third kappa shape index (κ3) is 2.40. The van der Waals surface area contributed by atoms with E-state index < -0.39 is 0 Å². The van der Waals surface area contributed by atoms with Gasteiger partial charge in [0.1, 0.15) is 5.75 Å². The summed E-state index contributed by atoms with van der Waals surface area (Å²) in [6.45, 7) is 2.85. The zero-order valence-corrected chi connectivity index (χ0v) is 9.39. The molecule has 0 fully saturated rings. The summed E-state index contributed by atoms with van der Waals surface area (Å²) in [7, 11) is 0. The van der Waals surface area contributed by atoms with Gasteiger partial charge in [-0.15, -0.1) is 0 Å². The smallest absolute Gasteiger partial charge is 0.127 e. The molecule has 0 saturated carbocycles. The van der Waals surface area contributed by atoms with Crippen LogP contribution in [0.3, 0.4) is 0 Å². The van der Waals surface area contributed by atoms with Gasteiger partial charge in [0, 0.05) is 23.5 Å². The van der Waals surface area contributed by atoms with E-state index in [4.69, 9.17) is 4.74 Å². The lowest BCUT2D eigenvalue weighted by atomic mass is 10.1. The Bertz CT molecular complexity index is 439. The maximum Gasteiger partial charge on any atom is 0.127 e. The first-order valence-corrected chi connectivity index (χ1v) is 5.54. The number of para-hydroxylation sites is 1. The number of hydrogen-bond donors (Lipinski definition) is 0. The lowest BCUT2D eigenvalue weighted by Crippen LogP contribution is -1.96. The van der Waals surface area contributed by atoms with Crippen molar-refractivity contribution in [3.05, 3.63) is 48.8 Å². The summed E-state index contributed by atoms with van der Waals surface area (Å²) < 4.78 is 5.71. The minimum absolute atomic E-state index is 0.747. The molecule has 0 radical (unpaired) electrons. The molecule has 2 aromatic rings. The molecule has 16 heavy (non-hydrogen) atoms. The number of hydrogen-bond acceptors (Lipinski definition) is 2. The molecule has 0 saturated heterocycles. The minimum atomic E-state index is 0.747. The average Bonchev–Trinajstić information content (AvgIpc) is 2.38. The largest absolute Gasteiger partial charge is 0.493 e. The van der Waals surface area contributed by atoms with Gasteiger partial charge in [0.05, 0.1) is 6.61 Å². The molecule has 0 N–H and O–H groups in total. The molecule has 2 heteroatoms. The van der Waals surface area contributed by atoms with Gasteiger partial charge in [-0.2, -0.15) is 0 Å². The Morgan fingerprint density at radius 3 is 2.75 bits per heavy atom. The third-order valence-electron chi connectivity index (χ3n) is 2.32. The normalized spacial score (nSPS) is 10.1. The SMILES string of the molecule is CCCOc1ccccc1-c1cccnc1. The van der Waals surface area contributed by atoms with E-state index >= 15 is 0 Å². The van der Waals surface area contributed by atoms with E-state index in [-0.39, 0.29) is 0 Å². The fourth-order valence-corrected chi connectivity index (χ4v) is 1.57. The first kappa shape index (κ1) is 10.7. The summed E-state index contributed by atoms with van der Waals surface area (Å²) in [5.74, 6) is 0.928. The fourth-order valence-electron chi connectivity index (χ4n) is 1.57. The van der Waals surface area contributed by atoms with Crippen molar-refractivity contribution in [2.24, 2.45) is 0 Å². The molecule has 0 spiro atoms. The molecule has 82 valence electrons. The topological polar surface area (TPSA) is 22.1 Å². The van der Waals surface area contributed by atoms with Crippen LogP contribution >= 0.6 is 0 Å². The summed E-state index contributed by atoms with van der Waals surface area (Å²) in [4.78, 5) is 4.13. The van der Waals surface area contributed by atoms with E-state index in [9.17, 15) is 0 Å². The summed E-state index contributed by atoms with van der Waals surface area (Å²) in [6, 6.07) is 12.0. The van der Waals surface area contributed by atoms with Crippen molar-refractivity contribution in [2.45, 2.75) is 13.3 Å². The van der Waals surface area contributed by atoms with E-state index in [0.717, 1.165) is 29.9 Å². The number of ether oxygens (including phenoxy) is 1. The molecule has 1 heterocycles. The van der Waals surface area contributed by atoms with E-state index in [1.807, 2.05) is 36.5 Å². The van der Waals surface area contributed by atoms with E-state index in [1.54, 1.807) is 6.20 Å². The Morgan fingerprint density at radius 2 is 2.00 bits per heavy atom. The molecular weight excluding hydrogens is 198 g/mol. The van der Waals surface area contributed by atoms with Gasteiger partial charge in [-0.25, -0.2) is 0 Å². The summed E-state index contributed by atoms with van der Waals surface area (Å²) >= 11 is 0. The minimum Gasteiger partial charge on any atom is -0.493 e. The number of benzene rings is 1. The molecule has 0 amide bonds. The Kier molecular flexibility index (Phi) is 3.54. The monoisotopic (exact) mass is 213 g/mol. The van der Waals surface area contributed by atoms with Crippen LogP contribution in [0.4, 0.5) is 0 Å². The van der Waals surface area contributed by atoms with Crippen molar-refractivity contribution < 1.29 is 4.74 Å². The molecule has 0 atom stereocenters. The molecule has 0 aliphatic rings. The molecule has 0 bridgehead atoms. The van der Waals surface area contributed by atoms with E-state index in [2.05, 4.69) is 18.0 Å². The standard InChI is InChI=1S/C14H15NO/c1-2-10-16-14-8-4-3-7-13(14)12-6-5-9-15-11-12/h3-9,11H,2,10H2,1H3. The second kappa shape index (κ2) is 5.31. The second-order valence-electron chi connectivity index (χ2n) is 3.59. The van der Waals surface area contributed by atoms with Gasteiger partial charge in [0.2, 0.25) is 0 Å². The van der Waals surface area contributed by atoms with Gasteiger partial charge in [0.25, 0.3) is 0 Å². The highest BCUT2D eigenvalue weighted by atomic mass is 16.5. The molecule has 0 aliphatic carbocycles. The second-order valence-corrected chi connectivity index (χ2v) is 3.59. The highest BCUT2D eigenvalue weighted by molar-refractivity contribution is 5.69. The molecule has 2 rings (SSSR count). The molecule has 0 unspecified atom stereocenters. The van der Waals surface area contributed by atoms with Gasteiger partial charge in [-0.05, 0) is 18.6 Å². The van der Waals surface area contributed by atoms with E-state index in [0.29, 0.717) is 0 Å². The Balaban J connectivity index is 2.33. The maximum atomic E-state index is 5.71. The zero-order chi connectivity index (χ0) is 11.2. The lowest BCUT2D eigenvalue weighted by molar-refractivity contribution is 0.318. The van der Waals surface area contributed by atoms with Crippen LogP contribution in [-0.2, 0) is 0 Å². The van der Waals surface area contributed by atoms with Crippen LogP contribution in [0.15, 0.2) is 48.8 Å². The zero-order valence-electron chi connectivity index (χ0n) is 9.39. The maximum absolute atomic E-state index is 5.71. The molecular formula is C14H15NO. The fraction of sp³-hybridized carbons (Fsp3) is 0.214. The highest BCUT2D eigenvalue weighted by Crippen LogP contribution is 2.28. The predicted molar refractivity (Wildman–Crippen MR) is 65.5 cm³/mol. The first-order chi connectivity index (χ1) is 7.92. The van der Waals surface area contributed by atoms with Crippen molar-refractivity contribution in [3.63, 3.8) is 0 Å². The third-order valence-corrected chi connectivity index (χ3v) is 2.32. The summed E-state index contributed by atoms with van der Waals surface area (Å²) in [6.07, 6.45) is 4.65. The van der Waals surface area contributed by atoms with Gasteiger partial charge in [-0.1, -0.05) is 31.2 Å². The van der Waals surface area contributed by atoms with Crippen LogP contribution in [-0.4, -0.2) is 11.6 Å².